The zero-order valence-electron chi connectivity index (χ0n) is 18.0. The second-order valence-corrected chi connectivity index (χ2v) is 9.48. The topological polar surface area (TPSA) is 69.3 Å². The number of carbonyl (C=O) groups excluding carboxylic acids is 1. The van der Waals surface area contributed by atoms with Gasteiger partial charge in [0.2, 0.25) is 0 Å². The van der Waals surface area contributed by atoms with Crippen LogP contribution in [0.2, 0.25) is 0 Å². The molecule has 1 amide bonds. The van der Waals surface area contributed by atoms with E-state index in [4.69, 9.17) is 12.2 Å². The van der Waals surface area contributed by atoms with Crippen LogP contribution in [0.25, 0.3) is 6.08 Å². The van der Waals surface area contributed by atoms with Crippen LogP contribution >= 0.6 is 24.0 Å². The predicted octanol–water partition coefficient (Wildman–Crippen LogP) is 4.04. The van der Waals surface area contributed by atoms with Gasteiger partial charge in [-0.2, -0.15) is 5.26 Å². The minimum Gasteiger partial charge on any atom is -0.357 e. The largest absolute Gasteiger partial charge is 0.357 e. The third kappa shape index (κ3) is 3.93. The molecule has 3 rings (SSSR count). The van der Waals surface area contributed by atoms with Gasteiger partial charge in [0.25, 0.3) is 11.5 Å². The number of hydrogen-bond acceptors (Lipinski definition) is 6. The first-order valence-electron chi connectivity index (χ1n) is 10.5. The molecule has 2 aliphatic heterocycles. The second-order valence-electron chi connectivity index (χ2n) is 7.81. The molecule has 0 radical (unpaired) electrons. The first-order valence-corrected chi connectivity index (χ1v) is 11.8. The number of thiocarbonyl (C=S) groups is 1. The predicted molar refractivity (Wildman–Crippen MR) is 127 cm³/mol. The maximum Gasteiger partial charge on any atom is 0.270 e. The third-order valence-corrected chi connectivity index (χ3v) is 7.16. The van der Waals surface area contributed by atoms with Gasteiger partial charge in [-0.3, -0.25) is 19.1 Å². The van der Waals surface area contributed by atoms with E-state index in [-0.39, 0.29) is 23.1 Å². The highest BCUT2D eigenvalue weighted by atomic mass is 32.2. The summed E-state index contributed by atoms with van der Waals surface area (Å²) in [4.78, 5) is 30.6. The molecule has 0 N–H and O–H groups in total. The quantitative estimate of drug-likeness (QED) is 0.487. The first kappa shape index (κ1) is 22.6. The lowest BCUT2D eigenvalue weighted by Crippen LogP contribution is -2.36. The lowest BCUT2D eigenvalue weighted by Gasteiger charge is -2.26. The van der Waals surface area contributed by atoms with E-state index in [1.54, 1.807) is 16.4 Å². The van der Waals surface area contributed by atoms with E-state index in [1.165, 1.54) is 11.8 Å². The number of pyridine rings is 1. The number of hydrogen-bond donors (Lipinski definition) is 0. The fourth-order valence-corrected chi connectivity index (χ4v) is 5.46. The molecule has 1 atom stereocenters. The van der Waals surface area contributed by atoms with Crippen molar-refractivity contribution in [2.24, 2.45) is 0 Å². The molecular formula is C22H28N4O2S2. The molecule has 2 aliphatic rings. The molecule has 1 aromatic heterocycles. The average molecular weight is 445 g/mol. The molecule has 0 aliphatic carbocycles. The molecular weight excluding hydrogens is 416 g/mol. The molecule has 0 aromatic carbocycles. The summed E-state index contributed by atoms with van der Waals surface area (Å²) in [7, 11) is 0. The first-order chi connectivity index (χ1) is 14.3. The Morgan fingerprint density at radius 2 is 1.93 bits per heavy atom. The van der Waals surface area contributed by atoms with E-state index in [2.05, 4.69) is 11.0 Å². The highest BCUT2D eigenvalue weighted by Gasteiger charge is 2.35. The SMILES string of the molecule is CCCn1c(N2CCCC2)c(/C=C2/SC(=S)N(C(C)CC)C2=O)c(C)c(C#N)c1=O. The Labute approximate surface area is 187 Å². The second kappa shape index (κ2) is 9.36. The molecule has 0 bridgehead atoms. The number of nitriles is 1. The van der Waals surface area contributed by atoms with Crippen molar-refractivity contribution in [1.29, 1.82) is 5.26 Å². The van der Waals surface area contributed by atoms with Crippen LogP contribution in [0.3, 0.4) is 0 Å². The van der Waals surface area contributed by atoms with Gasteiger partial charge in [-0.15, -0.1) is 0 Å². The Bertz CT molecular complexity index is 1000. The number of nitrogens with zero attached hydrogens (tertiary/aromatic N) is 4. The summed E-state index contributed by atoms with van der Waals surface area (Å²) in [5, 5.41) is 9.68. The van der Waals surface area contributed by atoms with Crippen molar-refractivity contribution in [3.8, 4) is 6.07 Å². The smallest absolute Gasteiger partial charge is 0.270 e. The summed E-state index contributed by atoms with van der Waals surface area (Å²) in [6, 6.07) is 2.13. The fourth-order valence-electron chi connectivity index (χ4n) is 4.02. The highest BCUT2D eigenvalue weighted by Crippen LogP contribution is 2.37. The molecule has 6 nitrogen and oxygen atoms in total. The standard InChI is InChI=1S/C22H28N4O2S2/c1-5-9-25-19(24-10-7-8-11-24)16(15(4)17(13-23)20(25)27)12-18-21(28)26(14(3)6-2)22(29)30-18/h12,14H,5-11H2,1-4H3/b18-12+. The molecule has 1 unspecified atom stereocenters. The van der Waals surface area contributed by atoms with Gasteiger partial charge in [0.05, 0.1) is 4.91 Å². The average Bonchev–Trinajstić information content (AvgIpc) is 3.34. The van der Waals surface area contributed by atoms with Crippen LogP contribution in [0.5, 0.6) is 0 Å². The van der Waals surface area contributed by atoms with Crippen LogP contribution in [0, 0.1) is 18.3 Å². The van der Waals surface area contributed by atoms with E-state index in [9.17, 15) is 14.9 Å². The minimum atomic E-state index is -0.247. The molecule has 0 saturated carbocycles. The van der Waals surface area contributed by atoms with Crippen LogP contribution in [0.15, 0.2) is 9.70 Å². The number of anilines is 1. The Kier molecular flexibility index (Phi) is 7.04. The normalized spacial score (nSPS) is 19.1. The Hall–Kier alpha value is -2.11. The lowest BCUT2D eigenvalue weighted by atomic mass is 10.0. The van der Waals surface area contributed by atoms with E-state index in [0.29, 0.717) is 21.3 Å². The Morgan fingerprint density at radius 1 is 1.27 bits per heavy atom. The number of aromatic nitrogens is 1. The molecule has 2 saturated heterocycles. The summed E-state index contributed by atoms with van der Waals surface area (Å²) in [5.74, 6) is 0.725. The zero-order chi connectivity index (χ0) is 22.0. The van der Waals surface area contributed by atoms with E-state index in [0.717, 1.165) is 50.2 Å². The van der Waals surface area contributed by atoms with E-state index >= 15 is 0 Å². The molecule has 160 valence electrons. The van der Waals surface area contributed by atoms with Crippen molar-refractivity contribution in [1.82, 2.24) is 9.47 Å². The summed E-state index contributed by atoms with van der Waals surface area (Å²) in [5.41, 5.74) is 1.31. The van der Waals surface area contributed by atoms with E-state index < -0.39 is 0 Å². The van der Waals surface area contributed by atoms with Gasteiger partial charge in [0.15, 0.2) is 0 Å². The van der Waals surface area contributed by atoms with Gasteiger partial charge in [-0.25, -0.2) is 0 Å². The number of thioether (sulfide) groups is 1. The van der Waals surface area contributed by atoms with Crippen molar-refractivity contribution in [3.05, 3.63) is 31.9 Å². The highest BCUT2D eigenvalue weighted by molar-refractivity contribution is 8.26. The molecule has 8 heteroatoms. The van der Waals surface area contributed by atoms with Crippen molar-refractivity contribution in [3.63, 3.8) is 0 Å². The number of carbonyl (C=O) groups is 1. The number of amides is 1. The van der Waals surface area contributed by atoms with Gasteiger partial charge in [0, 0.05) is 31.2 Å². The Balaban J connectivity index is 2.23. The van der Waals surface area contributed by atoms with Crippen LogP contribution in [-0.2, 0) is 11.3 Å². The molecule has 1 aromatic rings. The van der Waals surface area contributed by atoms with Gasteiger partial charge < -0.3 is 4.90 Å². The monoisotopic (exact) mass is 444 g/mol. The summed E-state index contributed by atoms with van der Waals surface area (Å²) in [6.45, 7) is 10.1. The summed E-state index contributed by atoms with van der Waals surface area (Å²) in [6.07, 6.45) is 5.57. The lowest BCUT2D eigenvalue weighted by molar-refractivity contribution is -0.123. The summed E-state index contributed by atoms with van der Waals surface area (Å²) < 4.78 is 2.28. The van der Waals surface area contributed by atoms with Crippen molar-refractivity contribution in [2.75, 3.05) is 18.0 Å². The van der Waals surface area contributed by atoms with Gasteiger partial charge >= 0.3 is 0 Å². The number of rotatable bonds is 6. The van der Waals surface area contributed by atoms with Crippen LogP contribution < -0.4 is 10.5 Å². The van der Waals surface area contributed by atoms with Gasteiger partial charge in [0.1, 0.15) is 21.8 Å². The summed E-state index contributed by atoms with van der Waals surface area (Å²) >= 11 is 6.77. The molecule has 0 spiro atoms. The molecule has 2 fully saturated rings. The fraction of sp³-hybridized carbons (Fsp3) is 0.545. The van der Waals surface area contributed by atoms with Crippen molar-refractivity contribution < 1.29 is 4.79 Å². The van der Waals surface area contributed by atoms with E-state index in [1.807, 2.05) is 26.8 Å². The van der Waals surface area contributed by atoms with Gasteiger partial charge in [-0.1, -0.05) is 37.8 Å². The van der Waals surface area contributed by atoms with Crippen LogP contribution in [0.1, 0.15) is 63.1 Å². The Morgan fingerprint density at radius 3 is 2.50 bits per heavy atom. The molecule has 30 heavy (non-hydrogen) atoms. The van der Waals surface area contributed by atoms with Gasteiger partial charge in [-0.05, 0) is 51.2 Å². The maximum absolute atomic E-state index is 13.1. The van der Waals surface area contributed by atoms with Crippen molar-refractivity contribution in [2.45, 2.75) is 66.0 Å². The third-order valence-electron chi connectivity index (χ3n) is 5.83. The van der Waals surface area contributed by atoms with Crippen LogP contribution in [0.4, 0.5) is 5.82 Å². The molecule has 3 heterocycles. The minimum absolute atomic E-state index is 0.0336. The maximum atomic E-state index is 13.1. The zero-order valence-corrected chi connectivity index (χ0v) is 19.7. The van der Waals surface area contributed by atoms with Crippen molar-refractivity contribution >= 4 is 46.1 Å². The van der Waals surface area contributed by atoms with Crippen LogP contribution in [-0.4, -0.2) is 38.8 Å².